The van der Waals surface area contributed by atoms with Gasteiger partial charge in [-0.05, 0) is 152 Å². The number of nitrogen functional groups attached to an aromatic ring is 3. The number of nitriles is 1. The van der Waals surface area contributed by atoms with E-state index in [-0.39, 0.29) is 108 Å². The van der Waals surface area contributed by atoms with Crippen LogP contribution < -0.4 is 33.2 Å². The third-order valence-electron chi connectivity index (χ3n) is 16.9. The molecule has 12 rings (SSSR count). The van der Waals surface area contributed by atoms with E-state index in [1.807, 2.05) is 44.3 Å². The first-order chi connectivity index (χ1) is 52.1. The van der Waals surface area contributed by atoms with Crippen molar-refractivity contribution in [3.63, 3.8) is 0 Å². The van der Waals surface area contributed by atoms with Crippen molar-refractivity contribution in [2.75, 3.05) is 51.6 Å². The highest BCUT2D eigenvalue weighted by atomic mass is 32.2. The Morgan fingerprint density at radius 3 is 1.32 bits per heavy atom. The number of hydrogen-bond donors (Lipinski definition) is 7. The van der Waals surface area contributed by atoms with Crippen LogP contribution in [0.15, 0.2) is 174 Å². The molecule has 35 heteroatoms. The molecule has 6 aromatic heterocycles. The molecule has 2 atom stereocenters. The first-order valence-electron chi connectivity index (χ1n) is 33.7. The van der Waals surface area contributed by atoms with Gasteiger partial charge in [0.2, 0.25) is 5.89 Å². The van der Waals surface area contributed by atoms with E-state index >= 15 is 0 Å². The molecule has 0 saturated carbocycles. The summed E-state index contributed by atoms with van der Waals surface area (Å²) in [5.74, 6) is -0.643. The number of halogens is 2. The van der Waals surface area contributed by atoms with Crippen LogP contribution in [0.3, 0.4) is 0 Å². The number of aromatic nitrogens is 12. The Hall–Kier alpha value is -11.6. The zero-order valence-corrected chi connectivity index (χ0v) is 62.9. The SMILES string of the molecule is CC(C)S(=O)(=O)c1ccc(-c2cnc(N)c(-c3nnc(-c4ccc(CN[C@H](C)CO)cc4F)o3)n2)cc1.CNCc1ccc(-c2nnc(-c3nc(-c4ccc(S(=O)(=O)C(C)C)cc4C#N)cnc3N)o2)cc1.CNCc1ccc(-c2nnc(-c3nc(-c4ccc(S(=O)(=O)C(C)CCOC)cc4)cnc3N)o2)c(F)c1. The third kappa shape index (κ3) is 18.7. The van der Waals surface area contributed by atoms with Crippen LogP contribution in [0.5, 0.6) is 0 Å². The molecule has 10 N–H and O–H groups in total. The maximum atomic E-state index is 14.8. The molecule has 6 heterocycles. The predicted octanol–water partition coefficient (Wildman–Crippen LogP) is 9.95. The highest BCUT2D eigenvalue weighted by Crippen LogP contribution is 2.35. The summed E-state index contributed by atoms with van der Waals surface area (Å²) in [5.41, 5.74) is 25.0. The van der Waals surface area contributed by atoms with Crippen LogP contribution in [0.1, 0.15) is 70.2 Å². The number of hydrogen-bond acceptors (Lipinski definition) is 30. The molecule has 0 aliphatic heterocycles. The quantitative estimate of drug-likeness (QED) is 0.0265. The Balaban J connectivity index is 0.000000174. The topological polar surface area (TPSA) is 464 Å². The maximum Gasteiger partial charge on any atom is 0.270 e. The van der Waals surface area contributed by atoms with Crippen molar-refractivity contribution in [2.24, 2.45) is 0 Å². The lowest BCUT2D eigenvalue weighted by molar-refractivity contribution is 0.194. The molecule has 0 aliphatic carbocycles. The standard InChI is InChI=1S/2C25H27FN6O4S.C24H23N7O3S/c1-14(2)37(34,35)18-7-5-17(6-8-18)21-12-29-23(27)22(30-21)25-32-31-24(36-25)19-9-4-16(10-20(19)26)11-28-15(3)13-33;1-15(10-11-35-3)37(33,34)18-7-5-17(6-8-18)21-14-29-23(27)22(30-21)25-32-31-24(36-25)19-9-4-16(13-28-2)12-20(19)26;1-14(2)35(32,33)18-8-9-19(17(10-18)11-25)20-13-28-22(26)21(29-20)24-31-30-23(34-24)16-6-4-15(5-7-16)12-27-3/h4-10,12,14-15,28,33H,11,13H2,1-3H3,(H2,27,29);4-9,12,14-15,28H,10-11,13H2,1-3H3,(H2,27,29);4-10,13-14,27H,12H2,1-3H3,(H2,26,28)/t15-;;/m1../s1. The van der Waals surface area contributed by atoms with Gasteiger partial charge in [0.25, 0.3) is 29.5 Å². The Labute approximate surface area is 626 Å². The molecule has 12 aromatic rings. The van der Waals surface area contributed by atoms with E-state index in [0.717, 1.165) is 23.2 Å². The first-order valence-corrected chi connectivity index (χ1v) is 38.4. The number of aliphatic hydroxyl groups excluding tert-OH is 1. The van der Waals surface area contributed by atoms with Gasteiger partial charge in [-0.1, -0.05) is 54.6 Å². The van der Waals surface area contributed by atoms with E-state index in [1.165, 1.54) is 86.4 Å². The lowest BCUT2D eigenvalue weighted by atomic mass is 10.1. The summed E-state index contributed by atoms with van der Waals surface area (Å²) in [6.45, 7) is 11.9. The molecular formula is C74H77F2N19O11S3. The molecule has 566 valence electrons. The Morgan fingerprint density at radius 1 is 0.486 bits per heavy atom. The van der Waals surface area contributed by atoms with Gasteiger partial charge in [-0.25, -0.2) is 63.9 Å². The smallest absolute Gasteiger partial charge is 0.270 e. The lowest BCUT2D eigenvalue weighted by Crippen LogP contribution is -2.28. The van der Waals surface area contributed by atoms with Crippen LogP contribution >= 0.6 is 0 Å². The van der Waals surface area contributed by atoms with E-state index in [9.17, 15) is 39.3 Å². The van der Waals surface area contributed by atoms with Crippen LogP contribution in [0.2, 0.25) is 0 Å². The summed E-state index contributed by atoms with van der Waals surface area (Å²) in [7, 11) is -5.27. The number of nitrogens with zero attached hydrogens (tertiary/aromatic N) is 13. The van der Waals surface area contributed by atoms with E-state index in [2.05, 4.69) is 76.4 Å². The second-order valence-electron chi connectivity index (χ2n) is 25.2. The summed E-state index contributed by atoms with van der Waals surface area (Å²) in [5, 5.41) is 50.2. The fourth-order valence-corrected chi connectivity index (χ4v) is 14.0. The molecule has 0 fully saturated rings. The Morgan fingerprint density at radius 2 is 0.872 bits per heavy atom. The van der Waals surface area contributed by atoms with Crippen molar-refractivity contribution in [2.45, 2.75) is 104 Å². The van der Waals surface area contributed by atoms with Crippen molar-refractivity contribution >= 4 is 47.0 Å². The minimum Gasteiger partial charge on any atom is -0.414 e. The van der Waals surface area contributed by atoms with Gasteiger partial charge in [0.05, 0.1) is 95.5 Å². The Kier molecular flexibility index (Phi) is 25.6. The molecule has 0 aliphatic rings. The molecule has 0 saturated heterocycles. The van der Waals surface area contributed by atoms with Gasteiger partial charge < -0.3 is 56.2 Å². The summed E-state index contributed by atoms with van der Waals surface area (Å²) in [6.07, 6.45) is 4.71. The summed E-state index contributed by atoms with van der Waals surface area (Å²) >= 11 is 0. The number of nitrogens with one attached hydrogen (secondary N) is 3. The molecule has 0 amide bonds. The van der Waals surface area contributed by atoms with Crippen molar-refractivity contribution in [3.05, 3.63) is 180 Å². The summed E-state index contributed by atoms with van der Waals surface area (Å²) < 4.78 is 127. The molecular weight excluding hydrogens is 1470 g/mol. The van der Waals surface area contributed by atoms with Crippen LogP contribution in [-0.2, 0) is 53.9 Å². The minimum absolute atomic E-state index is 0.0211. The van der Waals surface area contributed by atoms with E-state index in [1.54, 1.807) is 84.1 Å². The van der Waals surface area contributed by atoms with E-state index < -0.39 is 56.9 Å². The third-order valence-corrected chi connectivity index (χ3v) is 23.4. The Bertz CT molecular complexity index is 5610. The molecule has 0 spiro atoms. The zero-order chi connectivity index (χ0) is 78.5. The molecule has 0 radical (unpaired) electrons. The highest BCUT2D eigenvalue weighted by molar-refractivity contribution is 7.92. The fourth-order valence-electron chi connectivity index (χ4n) is 10.4. The number of aliphatic hydroxyl groups is 1. The zero-order valence-electron chi connectivity index (χ0n) is 60.5. The number of methoxy groups -OCH3 is 1. The molecule has 30 nitrogen and oxygen atoms in total. The number of nitrogens with two attached hydrogens (primary N) is 3. The first kappa shape index (κ1) is 79.9. The van der Waals surface area contributed by atoms with Crippen LogP contribution in [-0.4, -0.2) is 147 Å². The molecule has 0 bridgehead atoms. The normalized spacial score (nSPS) is 12.3. The van der Waals surface area contributed by atoms with Gasteiger partial charge in [-0.3, -0.25) is 0 Å². The molecule has 1 unspecified atom stereocenters. The van der Waals surface area contributed by atoms with Crippen LogP contribution in [0, 0.1) is 23.0 Å². The van der Waals surface area contributed by atoms with Crippen LogP contribution in [0.4, 0.5) is 26.2 Å². The second-order valence-corrected chi connectivity index (χ2v) is 32.6. The number of ether oxygens (including phenoxy) is 1. The van der Waals surface area contributed by atoms with Gasteiger partial charge in [0.1, 0.15) is 11.6 Å². The van der Waals surface area contributed by atoms with Gasteiger partial charge in [0, 0.05) is 61.6 Å². The van der Waals surface area contributed by atoms with Crippen molar-refractivity contribution in [1.29, 1.82) is 5.26 Å². The minimum atomic E-state index is -3.54. The van der Waals surface area contributed by atoms with Crippen molar-refractivity contribution < 1.29 is 57.1 Å². The second kappa shape index (κ2) is 35.0. The number of rotatable bonds is 26. The van der Waals surface area contributed by atoms with Gasteiger partial charge >= 0.3 is 0 Å². The lowest BCUT2D eigenvalue weighted by Gasteiger charge is -2.13. The predicted molar refractivity (Wildman–Crippen MR) is 403 cm³/mol. The fraction of sp³-hybridized carbons (Fsp3) is 0.257. The average molecular weight is 1540 g/mol. The van der Waals surface area contributed by atoms with Crippen LogP contribution in [0.25, 0.3) is 103 Å². The average Bonchev–Trinajstić information content (AvgIpc) is 1.52. The number of sulfone groups is 3. The van der Waals surface area contributed by atoms with E-state index in [4.69, 9.17) is 40.3 Å². The van der Waals surface area contributed by atoms with Gasteiger partial charge in [0.15, 0.2) is 64.0 Å². The number of benzene rings is 6. The maximum absolute atomic E-state index is 14.8. The van der Waals surface area contributed by atoms with Crippen molar-refractivity contribution in [3.8, 4) is 109 Å². The van der Waals surface area contributed by atoms with Gasteiger partial charge in [-0.15, -0.1) is 30.6 Å². The summed E-state index contributed by atoms with van der Waals surface area (Å²) in [4.78, 5) is 26.5. The summed E-state index contributed by atoms with van der Waals surface area (Å²) in [6, 6.07) is 35.9. The van der Waals surface area contributed by atoms with E-state index in [0.29, 0.717) is 71.3 Å². The van der Waals surface area contributed by atoms with Gasteiger partial charge in [-0.2, -0.15) is 5.26 Å². The molecule has 109 heavy (non-hydrogen) atoms. The molecule has 6 aromatic carbocycles. The monoisotopic (exact) mass is 1540 g/mol. The van der Waals surface area contributed by atoms with Crippen molar-refractivity contribution in [1.82, 2.24) is 76.4 Å². The largest absolute Gasteiger partial charge is 0.414 e. The highest BCUT2D eigenvalue weighted by Gasteiger charge is 2.28. The number of anilines is 3.